The predicted molar refractivity (Wildman–Crippen MR) is 96.2 cm³/mol. The number of carboxylic acids is 1. The molecule has 25 heavy (non-hydrogen) atoms. The van der Waals surface area contributed by atoms with E-state index in [0.717, 1.165) is 16.7 Å². The van der Waals surface area contributed by atoms with Gasteiger partial charge in [-0.2, -0.15) is 0 Å². The van der Waals surface area contributed by atoms with Gasteiger partial charge in [-0.15, -0.1) is 0 Å². The van der Waals surface area contributed by atoms with Gasteiger partial charge in [0, 0.05) is 0 Å². The van der Waals surface area contributed by atoms with Crippen LogP contribution in [0.2, 0.25) is 0 Å². The van der Waals surface area contributed by atoms with Crippen LogP contribution < -0.4 is 5.32 Å². The summed E-state index contributed by atoms with van der Waals surface area (Å²) >= 11 is 0. The van der Waals surface area contributed by atoms with Crippen LogP contribution in [0.1, 0.15) is 38.8 Å². The Morgan fingerprint density at radius 1 is 1.04 bits per heavy atom. The number of nitrogens with one attached hydrogen (secondary N) is 1. The highest BCUT2D eigenvalue weighted by Crippen LogP contribution is 2.25. The molecule has 0 aliphatic rings. The van der Waals surface area contributed by atoms with Gasteiger partial charge in [-0.05, 0) is 43.5 Å². The minimum atomic E-state index is -0.994. The van der Waals surface area contributed by atoms with Gasteiger partial charge in [0.05, 0.1) is 12.5 Å². The van der Waals surface area contributed by atoms with Gasteiger partial charge in [0.25, 0.3) is 0 Å². The van der Waals surface area contributed by atoms with E-state index in [2.05, 4.69) is 5.32 Å². The predicted octanol–water partition coefficient (Wildman–Crippen LogP) is 4.39. The molecule has 5 heteroatoms. The lowest BCUT2D eigenvalue weighted by Crippen LogP contribution is -2.35. The molecule has 2 aromatic rings. The summed E-state index contributed by atoms with van der Waals surface area (Å²) in [5, 5.41) is 11.8. The first-order valence-electron chi connectivity index (χ1n) is 8.11. The van der Waals surface area contributed by atoms with Crippen LogP contribution in [0.5, 0.6) is 0 Å². The number of rotatable bonds is 5. The smallest absolute Gasteiger partial charge is 0.408 e. The van der Waals surface area contributed by atoms with Gasteiger partial charge in [-0.25, -0.2) is 4.79 Å². The molecule has 2 aromatic carbocycles. The van der Waals surface area contributed by atoms with Crippen molar-refractivity contribution >= 4 is 12.1 Å². The van der Waals surface area contributed by atoms with E-state index in [-0.39, 0.29) is 6.42 Å². The van der Waals surface area contributed by atoms with Crippen LogP contribution in [-0.2, 0) is 9.53 Å². The molecule has 0 radical (unpaired) electrons. The fourth-order valence-corrected chi connectivity index (χ4v) is 2.44. The summed E-state index contributed by atoms with van der Waals surface area (Å²) in [6, 6.07) is 16.6. The molecule has 1 atom stereocenters. The molecular weight excluding hydrogens is 318 g/mol. The van der Waals surface area contributed by atoms with Gasteiger partial charge in [-0.1, -0.05) is 48.5 Å². The number of amides is 1. The summed E-state index contributed by atoms with van der Waals surface area (Å²) in [5.41, 5.74) is 2.05. The zero-order valence-corrected chi connectivity index (χ0v) is 14.7. The molecule has 5 nitrogen and oxygen atoms in total. The van der Waals surface area contributed by atoms with Crippen LogP contribution in [0.3, 0.4) is 0 Å². The van der Waals surface area contributed by atoms with Gasteiger partial charge >= 0.3 is 12.1 Å². The number of carbonyl (C=O) groups excluding carboxylic acids is 1. The van der Waals surface area contributed by atoms with E-state index in [0.29, 0.717) is 0 Å². The van der Waals surface area contributed by atoms with Crippen LogP contribution in [0, 0.1) is 0 Å². The van der Waals surface area contributed by atoms with Crippen molar-refractivity contribution in [1.82, 2.24) is 5.32 Å². The number of benzene rings is 2. The Morgan fingerprint density at radius 3 is 2.28 bits per heavy atom. The van der Waals surface area contributed by atoms with E-state index < -0.39 is 23.7 Å². The Kier molecular flexibility index (Phi) is 5.80. The SMILES string of the molecule is CC(C)(C)OC(=O)N[C@@H](CC(=O)O)c1cccc(-c2ccccc2)c1. The van der Waals surface area contributed by atoms with Crippen LogP contribution >= 0.6 is 0 Å². The first kappa shape index (κ1) is 18.5. The number of carboxylic acid groups (broad SMARTS) is 1. The first-order valence-corrected chi connectivity index (χ1v) is 8.11. The van der Waals surface area contributed by atoms with Crippen LogP contribution in [0.25, 0.3) is 11.1 Å². The van der Waals surface area contributed by atoms with Gasteiger partial charge in [0.1, 0.15) is 5.60 Å². The number of hydrogen-bond acceptors (Lipinski definition) is 3. The molecule has 0 saturated heterocycles. The molecule has 0 aliphatic heterocycles. The first-order chi connectivity index (χ1) is 11.7. The summed E-state index contributed by atoms with van der Waals surface area (Å²) in [6.07, 6.45) is -0.860. The fourth-order valence-electron chi connectivity index (χ4n) is 2.44. The second kappa shape index (κ2) is 7.83. The topological polar surface area (TPSA) is 75.6 Å². The maximum absolute atomic E-state index is 12.1. The van der Waals surface area contributed by atoms with Crippen molar-refractivity contribution < 1.29 is 19.4 Å². The standard InChI is InChI=1S/C20H23NO4/c1-20(2,3)25-19(24)21-17(13-18(22)23)16-11-7-10-15(12-16)14-8-5-4-6-9-14/h4-12,17H,13H2,1-3H3,(H,21,24)(H,22,23)/t17-/m0/s1. The third-order valence-electron chi connectivity index (χ3n) is 3.47. The van der Waals surface area contributed by atoms with Crippen molar-refractivity contribution in [1.29, 1.82) is 0 Å². The zero-order valence-electron chi connectivity index (χ0n) is 14.7. The lowest BCUT2D eigenvalue weighted by atomic mass is 9.98. The van der Waals surface area contributed by atoms with E-state index in [1.807, 2.05) is 48.5 Å². The number of aliphatic carboxylic acids is 1. The van der Waals surface area contributed by atoms with Gasteiger partial charge in [0.15, 0.2) is 0 Å². The Hall–Kier alpha value is -2.82. The summed E-state index contributed by atoms with van der Waals surface area (Å²) in [7, 11) is 0. The van der Waals surface area contributed by atoms with E-state index in [1.165, 1.54) is 0 Å². The zero-order chi connectivity index (χ0) is 18.4. The van der Waals surface area contributed by atoms with E-state index >= 15 is 0 Å². The normalized spacial score (nSPS) is 12.3. The van der Waals surface area contributed by atoms with Crippen LogP contribution in [0.4, 0.5) is 4.79 Å². The molecule has 0 saturated carbocycles. The number of hydrogen-bond donors (Lipinski definition) is 2. The Bertz CT molecular complexity index is 735. The summed E-state index contributed by atoms with van der Waals surface area (Å²) in [5.74, 6) is -0.994. The van der Waals surface area contributed by atoms with Crippen LogP contribution in [-0.4, -0.2) is 22.8 Å². The minimum Gasteiger partial charge on any atom is -0.481 e. The molecule has 0 heterocycles. The lowest BCUT2D eigenvalue weighted by Gasteiger charge is -2.23. The molecular formula is C20H23NO4. The van der Waals surface area contributed by atoms with Crippen molar-refractivity contribution in [3.8, 4) is 11.1 Å². The molecule has 1 amide bonds. The Morgan fingerprint density at radius 2 is 1.68 bits per heavy atom. The third-order valence-corrected chi connectivity index (χ3v) is 3.47. The largest absolute Gasteiger partial charge is 0.481 e. The van der Waals surface area contributed by atoms with Gasteiger partial charge < -0.3 is 15.2 Å². The minimum absolute atomic E-state index is 0.225. The summed E-state index contributed by atoms with van der Waals surface area (Å²) in [4.78, 5) is 23.3. The molecule has 0 bridgehead atoms. The maximum atomic E-state index is 12.1. The second-order valence-corrected chi connectivity index (χ2v) is 6.79. The van der Waals surface area contributed by atoms with Gasteiger partial charge in [0.2, 0.25) is 0 Å². The molecule has 0 fully saturated rings. The van der Waals surface area contributed by atoms with E-state index in [1.54, 1.807) is 26.8 Å². The maximum Gasteiger partial charge on any atom is 0.408 e. The monoisotopic (exact) mass is 341 g/mol. The quantitative estimate of drug-likeness (QED) is 0.845. The molecule has 2 N–H and O–H groups in total. The molecule has 0 unspecified atom stereocenters. The van der Waals surface area contributed by atoms with Crippen molar-refractivity contribution in [3.63, 3.8) is 0 Å². The average Bonchev–Trinajstić information content (AvgIpc) is 2.53. The highest BCUT2D eigenvalue weighted by Gasteiger charge is 2.22. The molecule has 0 aromatic heterocycles. The van der Waals surface area contributed by atoms with Crippen LogP contribution in [0.15, 0.2) is 54.6 Å². The summed E-state index contributed by atoms with van der Waals surface area (Å²) in [6.45, 7) is 5.28. The van der Waals surface area contributed by atoms with E-state index in [4.69, 9.17) is 4.74 Å². The Labute approximate surface area is 147 Å². The number of carbonyl (C=O) groups is 2. The highest BCUT2D eigenvalue weighted by atomic mass is 16.6. The molecule has 0 aliphatic carbocycles. The van der Waals surface area contributed by atoms with Crippen molar-refractivity contribution in [2.75, 3.05) is 0 Å². The van der Waals surface area contributed by atoms with Crippen molar-refractivity contribution in [2.45, 2.75) is 38.8 Å². The average molecular weight is 341 g/mol. The highest BCUT2D eigenvalue weighted by molar-refractivity contribution is 5.73. The fraction of sp³-hybridized carbons (Fsp3) is 0.300. The van der Waals surface area contributed by atoms with E-state index in [9.17, 15) is 14.7 Å². The molecule has 132 valence electrons. The molecule has 2 rings (SSSR count). The Balaban J connectivity index is 2.26. The van der Waals surface area contributed by atoms with Gasteiger partial charge in [-0.3, -0.25) is 4.79 Å². The molecule has 0 spiro atoms. The van der Waals surface area contributed by atoms with Crippen molar-refractivity contribution in [2.24, 2.45) is 0 Å². The van der Waals surface area contributed by atoms with Crippen molar-refractivity contribution in [3.05, 3.63) is 60.2 Å². The number of ether oxygens (including phenoxy) is 1. The number of alkyl carbamates (subject to hydrolysis) is 1. The third kappa shape index (κ3) is 5.95. The summed E-state index contributed by atoms with van der Waals surface area (Å²) < 4.78 is 5.24. The lowest BCUT2D eigenvalue weighted by molar-refractivity contribution is -0.137. The second-order valence-electron chi connectivity index (χ2n) is 6.79.